The lowest BCUT2D eigenvalue weighted by molar-refractivity contribution is 0.137. The zero-order valence-corrected chi connectivity index (χ0v) is 19.1. The van der Waals surface area contributed by atoms with Gasteiger partial charge in [-0.1, -0.05) is 12.5 Å². The molecule has 1 saturated carbocycles. The molecular formula is C26H28ClNO4. The van der Waals surface area contributed by atoms with E-state index in [1.807, 2.05) is 6.07 Å². The molecule has 0 saturated heterocycles. The first-order chi connectivity index (χ1) is 15.8. The highest BCUT2D eigenvalue weighted by Gasteiger charge is 2.42. The van der Waals surface area contributed by atoms with Crippen molar-refractivity contribution in [3.63, 3.8) is 0 Å². The normalized spacial score (nSPS) is 20.6. The van der Waals surface area contributed by atoms with Crippen LogP contribution in [0, 0.1) is 5.92 Å². The number of alkyl halides is 1. The quantitative estimate of drug-likeness (QED) is 0.418. The molecule has 3 heterocycles. The van der Waals surface area contributed by atoms with Gasteiger partial charge in [-0.3, -0.25) is 0 Å². The fourth-order valence-electron chi connectivity index (χ4n) is 5.51. The maximum absolute atomic E-state index is 6.32. The van der Waals surface area contributed by atoms with Gasteiger partial charge in [0.2, 0.25) is 6.79 Å². The Morgan fingerprint density at radius 1 is 1.16 bits per heavy atom. The van der Waals surface area contributed by atoms with Crippen LogP contribution in [-0.4, -0.2) is 37.8 Å². The molecule has 0 amide bonds. The van der Waals surface area contributed by atoms with Crippen LogP contribution in [0.3, 0.4) is 0 Å². The standard InChI is InChI=1S/C26H28ClNO4/c1-29-21-7-6-18-12-20-19-14-23-22(31-15-32-23)13-17(19)8-10-28(20)25(16-4-2-5-16)24(18)26(21)30-11-3-9-27/h6-7,12-14,16,25H,2-5,8-11,15H2,1H3. The van der Waals surface area contributed by atoms with Crippen molar-refractivity contribution in [2.45, 2.75) is 38.1 Å². The summed E-state index contributed by atoms with van der Waals surface area (Å²) < 4.78 is 23.4. The Hall–Kier alpha value is -2.53. The lowest BCUT2D eigenvalue weighted by Gasteiger charge is -2.49. The summed E-state index contributed by atoms with van der Waals surface area (Å²) in [5.41, 5.74) is 6.37. The summed E-state index contributed by atoms with van der Waals surface area (Å²) in [7, 11) is 1.72. The first-order valence-corrected chi connectivity index (χ1v) is 12.1. The number of methoxy groups -OCH3 is 1. The number of nitrogens with zero attached hydrogens (tertiary/aromatic N) is 1. The van der Waals surface area contributed by atoms with Crippen LogP contribution in [0.15, 0.2) is 24.3 Å². The molecule has 1 fully saturated rings. The molecule has 0 aromatic heterocycles. The summed E-state index contributed by atoms with van der Waals surface area (Å²) in [5.74, 6) is 4.61. The van der Waals surface area contributed by atoms with Crippen LogP contribution in [0.25, 0.3) is 11.8 Å². The van der Waals surface area contributed by atoms with Gasteiger partial charge in [0, 0.05) is 29.2 Å². The Balaban J connectivity index is 1.50. The number of hydrogen-bond acceptors (Lipinski definition) is 5. The predicted molar refractivity (Wildman–Crippen MR) is 125 cm³/mol. The third-order valence-corrected chi connectivity index (χ3v) is 7.53. The molecule has 5 nitrogen and oxygen atoms in total. The Bertz CT molecular complexity index is 1080. The minimum atomic E-state index is 0.290. The van der Waals surface area contributed by atoms with Crippen molar-refractivity contribution in [1.29, 1.82) is 0 Å². The van der Waals surface area contributed by atoms with Gasteiger partial charge in [-0.15, -0.1) is 11.6 Å². The van der Waals surface area contributed by atoms with E-state index in [4.69, 9.17) is 30.5 Å². The van der Waals surface area contributed by atoms with E-state index in [2.05, 4.69) is 29.2 Å². The lowest BCUT2D eigenvalue weighted by Crippen LogP contribution is -2.41. The van der Waals surface area contributed by atoms with E-state index in [0.717, 1.165) is 42.4 Å². The van der Waals surface area contributed by atoms with E-state index in [0.29, 0.717) is 31.2 Å². The number of fused-ring (bicyclic) bond motifs is 5. The van der Waals surface area contributed by atoms with E-state index >= 15 is 0 Å². The number of hydrogen-bond donors (Lipinski definition) is 0. The first-order valence-electron chi connectivity index (χ1n) is 11.6. The molecule has 0 spiro atoms. The summed E-state index contributed by atoms with van der Waals surface area (Å²) >= 11 is 5.93. The monoisotopic (exact) mass is 453 g/mol. The predicted octanol–water partition coefficient (Wildman–Crippen LogP) is 5.64. The van der Waals surface area contributed by atoms with Gasteiger partial charge in [0.25, 0.3) is 0 Å². The molecule has 0 N–H and O–H groups in total. The largest absolute Gasteiger partial charge is 0.493 e. The Labute approximate surface area is 193 Å². The molecule has 0 radical (unpaired) electrons. The van der Waals surface area contributed by atoms with E-state index in [1.165, 1.54) is 47.2 Å². The summed E-state index contributed by atoms with van der Waals surface area (Å²) in [4.78, 5) is 2.60. The van der Waals surface area contributed by atoms with E-state index < -0.39 is 0 Å². The smallest absolute Gasteiger partial charge is 0.231 e. The molecule has 2 aromatic carbocycles. The van der Waals surface area contributed by atoms with Crippen molar-refractivity contribution in [2.24, 2.45) is 5.92 Å². The van der Waals surface area contributed by atoms with Crippen LogP contribution in [0.4, 0.5) is 0 Å². The van der Waals surface area contributed by atoms with Crippen LogP contribution < -0.4 is 18.9 Å². The molecule has 2 aromatic rings. The molecule has 168 valence electrons. The summed E-state index contributed by atoms with van der Waals surface area (Å²) in [6, 6.07) is 8.83. The van der Waals surface area contributed by atoms with Gasteiger partial charge in [-0.05, 0) is 67.0 Å². The molecule has 6 rings (SSSR count). The van der Waals surface area contributed by atoms with Gasteiger partial charge in [-0.2, -0.15) is 0 Å². The van der Waals surface area contributed by atoms with Gasteiger partial charge in [0.05, 0.1) is 19.8 Å². The van der Waals surface area contributed by atoms with Crippen LogP contribution in [0.1, 0.15) is 54.0 Å². The van der Waals surface area contributed by atoms with Gasteiger partial charge in [-0.25, -0.2) is 0 Å². The van der Waals surface area contributed by atoms with Gasteiger partial charge < -0.3 is 23.8 Å². The highest BCUT2D eigenvalue weighted by atomic mass is 35.5. The second kappa shape index (κ2) is 8.11. The van der Waals surface area contributed by atoms with Crippen molar-refractivity contribution < 1.29 is 18.9 Å². The molecule has 1 atom stereocenters. The van der Waals surface area contributed by atoms with Gasteiger partial charge in [0.15, 0.2) is 23.0 Å². The first kappa shape index (κ1) is 20.1. The Morgan fingerprint density at radius 3 is 2.75 bits per heavy atom. The fourth-order valence-corrected chi connectivity index (χ4v) is 5.62. The van der Waals surface area contributed by atoms with Crippen molar-refractivity contribution in [3.05, 3.63) is 46.5 Å². The summed E-state index contributed by atoms with van der Waals surface area (Å²) in [5, 5.41) is 0. The number of ether oxygens (including phenoxy) is 4. The number of benzene rings is 2. The molecule has 4 aliphatic rings. The fraction of sp³-hybridized carbons (Fsp3) is 0.462. The molecule has 1 unspecified atom stereocenters. The van der Waals surface area contributed by atoms with Crippen molar-refractivity contribution in [2.75, 3.05) is 32.9 Å². The minimum Gasteiger partial charge on any atom is -0.493 e. The van der Waals surface area contributed by atoms with Crippen molar-refractivity contribution >= 4 is 23.4 Å². The Kier molecular flexibility index (Phi) is 5.09. The molecular weight excluding hydrogens is 426 g/mol. The topological polar surface area (TPSA) is 40.2 Å². The summed E-state index contributed by atoms with van der Waals surface area (Å²) in [6.45, 7) is 1.88. The average molecular weight is 454 g/mol. The lowest BCUT2D eigenvalue weighted by atomic mass is 9.72. The van der Waals surface area contributed by atoms with Gasteiger partial charge >= 0.3 is 0 Å². The maximum atomic E-state index is 6.32. The highest BCUT2D eigenvalue weighted by Crippen LogP contribution is 2.55. The van der Waals surface area contributed by atoms with Crippen LogP contribution >= 0.6 is 11.6 Å². The third-order valence-electron chi connectivity index (χ3n) is 7.26. The zero-order valence-electron chi connectivity index (χ0n) is 18.4. The SMILES string of the molecule is COc1ccc2c(c1OCCCCl)C(C1CCC1)N1CCc3cc4c(cc3C1=C2)OCO4. The maximum Gasteiger partial charge on any atom is 0.231 e. The molecule has 0 bridgehead atoms. The van der Waals surface area contributed by atoms with Crippen molar-refractivity contribution in [3.8, 4) is 23.0 Å². The second-order valence-corrected chi connectivity index (χ2v) is 9.34. The van der Waals surface area contributed by atoms with Crippen LogP contribution in [-0.2, 0) is 6.42 Å². The number of halogens is 1. The molecule has 6 heteroatoms. The minimum absolute atomic E-state index is 0.290. The molecule has 3 aliphatic heterocycles. The van der Waals surface area contributed by atoms with Gasteiger partial charge in [0.1, 0.15) is 0 Å². The number of rotatable bonds is 6. The van der Waals surface area contributed by atoms with E-state index in [-0.39, 0.29) is 0 Å². The summed E-state index contributed by atoms with van der Waals surface area (Å²) in [6.07, 6.45) is 7.92. The molecule has 1 aliphatic carbocycles. The average Bonchev–Trinajstić information content (AvgIpc) is 3.23. The van der Waals surface area contributed by atoms with E-state index in [9.17, 15) is 0 Å². The highest BCUT2D eigenvalue weighted by molar-refractivity contribution is 6.17. The second-order valence-electron chi connectivity index (χ2n) is 8.96. The Morgan fingerprint density at radius 2 is 2.00 bits per heavy atom. The zero-order chi connectivity index (χ0) is 21.7. The van der Waals surface area contributed by atoms with Crippen molar-refractivity contribution in [1.82, 2.24) is 4.90 Å². The van der Waals surface area contributed by atoms with Crippen LogP contribution in [0.2, 0.25) is 0 Å². The van der Waals surface area contributed by atoms with E-state index in [1.54, 1.807) is 7.11 Å². The van der Waals surface area contributed by atoms with Crippen LogP contribution in [0.5, 0.6) is 23.0 Å². The molecule has 32 heavy (non-hydrogen) atoms. The third kappa shape index (κ3) is 3.13.